The maximum Gasteiger partial charge on any atom is 0.264 e. The molecule has 3 aromatic rings. The second kappa shape index (κ2) is 10.3. The molecule has 0 saturated carbocycles. The number of hydrogen-bond donors (Lipinski definition) is 1. The number of para-hydroxylation sites is 1. The number of aryl methyl sites for hydroxylation is 2. The van der Waals surface area contributed by atoms with E-state index < -0.39 is 10.0 Å². The first-order chi connectivity index (χ1) is 16.4. The number of amides is 1. The molecule has 1 amide bonds. The molecule has 4 rings (SSSR count). The Bertz CT molecular complexity index is 1240. The minimum Gasteiger partial charge on any atom is -0.497 e. The number of anilines is 1. The van der Waals surface area contributed by atoms with Crippen molar-refractivity contribution in [1.29, 1.82) is 0 Å². The van der Waals surface area contributed by atoms with Gasteiger partial charge in [0.05, 0.1) is 23.7 Å². The van der Waals surface area contributed by atoms with Crippen LogP contribution >= 0.6 is 0 Å². The van der Waals surface area contributed by atoms with Crippen molar-refractivity contribution in [3.63, 3.8) is 0 Å². The highest BCUT2D eigenvalue weighted by Crippen LogP contribution is 2.26. The minimum atomic E-state index is -3.97. The predicted octanol–water partition coefficient (Wildman–Crippen LogP) is 4.65. The molecule has 178 valence electrons. The van der Waals surface area contributed by atoms with E-state index in [1.807, 2.05) is 6.92 Å². The monoisotopic (exact) mass is 478 g/mol. The van der Waals surface area contributed by atoms with Crippen LogP contribution in [0, 0.1) is 0 Å². The van der Waals surface area contributed by atoms with E-state index in [-0.39, 0.29) is 23.4 Å². The lowest BCUT2D eigenvalue weighted by molar-refractivity contribution is -0.120. The van der Waals surface area contributed by atoms with E-state index in [0.29, 0.717) is 11.4 Å². The number of carbonyl (C=O) groups excluding carboxylic acids is 1. The second-order valence-electron chi connectivity index (χ2n) is 8.55. The molecule has 0 aliphatic heterocycles. The van der Waals surface area contributed by atoms with E-state index in [9.17, 15) is 13.2 Å². The number of benzene rings is 3. The van der Waals surface area contributed by atoms with Gasteiger partial charge in [-0.15, -0.1) is 0 Å². The molecule has 0 fully saturated rings. The van der Waals surface area contributed by atoms with Gasteiger partial charge >= 0.3 is 0 Å². The number of methoxy groups -OCH3 is 1. The van der Waals surface area contributed by atoms with Crippen LogP contribution in [0.2, 0.25) is 0 Å². The average molecular weight is 479 g/mol. The van der Waals surface area contributed by atoms with Crippen LogP contribution in [0.3, 0.4) is 0 Å². The van der Waals surface area contributed by atoms with Crippen molar-refractivity contribution in [3.8, 4) is 5.75 Å². The van der Waals surface area contributed by atoms with Crippen molar-refractivity contribution >= 4 is 21.6 Å². The van der Waals surface area contributed by atoms with Crippen LogP contribution in [0.4, 0.5) is 5.69 Å². The van der Waals surface area contributed by atoms with Gasteiger partial charge in [-0.2, -0.15) is 0 Å². The summed E-state index contributed by atoms with van der Waals surface area (Å²) in [5.74, 6) is 0.188. The fraction of sp³-hybridized carbons (Fsp3) is 0.296. The Morgan fingerprint density at radius 1 is 0.971 bits per heavy atom. The topological polar surface area (TPSA) is 75.7 Å². The Balaban J connectivity index is 1.55. The lowest BCUT2D eigenvalue weighted by atomic mass is 9.89. The van der Waals surface area contributed by atoms with Crippen molar-refractivity contribution in [1.82, 2.24) is 5.32 Å². The van der Waals surface area contributed by atoms with Gasteiger partial charge in [-0.1, -0.05) is 36.4 Å². The molecule has 1 aliphatic rings. The van der Waals surface area contributed by atoms with Gasteiger partial charge in [-0.05, 0) is 85.7 Å². The molecule has 3 aromatic carbocycles. The molecule has 1 aliphatic carbocycles. The molecular formula is C27H30N2O4S. The Morgan fingerprint density at radius 2 is 1.65 bits per heavy atom. The van der Waals surface area contributed by atoms with E-state index in [0.717, 1.165) is 22.7 Å². The van der Waals surface area contributed by atoms with E-state index >= 15 is 0 Å². The predicted molar refractivity (Wildman–Crippen MR) is 134 cm³/mol. The van der Waals surface area contributed by atoms with Gasteiger partial charge in [0.15, 0.2) is 0 Å². The summed E-state index contributed by atoms with van der Waals surface area (Å²) >= 11 is 0. The van der Waals surface area contributed by atoms with E-state index in [1.54, 1.807) is 42.5 Å². The van der Waals surface area contributed by atoms with Gasteiger partial charge in [0, 0.05) is 0 Å². The van der Waals surface area contributed by atoms with Gasteiger partial charge in [-0.3, -0.25) is 9.10 Å². The van der Waals surface area contributed by atoms with Crippen LogP contribution in [0.1, 0.15) is 42.5 Å². The molecule has 0 aromatic heterocycles. The van der Waals surface area contributed by atoms with Crippen LogP contribution < -0.4 is 14.4 Å². The first-order valence-electron chi connectivity index (χ1n) is 11.5. The minimum absolute atomic E-state index is 0.0905. The summed E-state index contributed by atoms with van der Waals surface area (Å²) in [6, 6.07) is 21.0. The highest BCUT2D eigenvalue weighted by atomic mass is 32.2. The summed E-state index contributed by atoms with van der Waals surface area (Å²) in [7, 11) is -2.45. The van der Waals surface area contributed by atoms with Crippen molar-refractivity contribution in [3.05, 3.63) is 89.5 Å². The Labute approximate surface area is 201 Å². The largest absolute Gasteiger partial charge is 0.497 e. The summed E-state index contributed by atoms with van der Waals surface area (Å²) in [5.41, 5.74) is 4.18. The number of carbonyl (C=O) groups is 1. The van der Waals surface area contributed by atoms with Crippen LogP contribution in [0.15, 0.2) is 77.7 Å². The van der Waals surface area contributed by atoms with Gasteiger partial charge < -0.3 is 10.1 Å². The van der Waals surface area contributed by atoms with E-state index in [4.69, 9.17) is 4.74 Å². The molecule has 1 atom stereocenters. The quantitative estimate of drug-likeness (QED) is 0.512. The van der Waals surface area contributed by atoms with E-state index in [2.05, 4.69) is 23.5 Å². The van der Waals surface area contributed by atoms with E-state index in [1.165, 1.54) is 43.2 Å². The zero-order valence-corrected chi connectivity index (χ0v) is 20.3. The van der Waals surface area contributed by atoms with Crippen molar-refractivity contribution in [2.24, 2.45) is 0 Å². The maximum absolute atomic E-state index is 13.5. The van der Waals surface area contributed by atoms with Gasteiger partial charge in [0.2, 0.25) is 5.91 Å². The molecule has 0 radical (unpaired) electrons. The SMILES string of the molecule is COc1ccc(S(=O)(=O)N(CC(=O)N[C@H](C)c2ccc3c(c2)CCCC3)c2ccccc2)cc1. The summed E-state index contributed by atoms with van der Waals surface area (Å²) in [6.45, 7) is 1.60. The summed E-state index contributed by atoms with van der Waals surface area (Å²) in [5, 5.41) is 2.98. The van der Waals surface area contributed by atoms with Crippen LogP contribution in [0.5, 0.6) is 5.75 Å². The Morgan fingerprint density at radius 3 is 2.32 bits per heavy atom. The second-order valence-corrected chi connectivity index (χ2v) is 10.4. The fourth-order valence-corrected chi connectivity index (χ4v) is 5.73. The number of hydrogen-bond acceptors (Lipinski definition) is 4. The number of fused-ring (bicyclic) bond motifs is 1. The Hall–Kier alpha value is -3.32. The highest BCUT2D eigenvalue weighted by Gasteiger charge is 2.28. The summed E-state index contributed by atoms with van der Waals surface area (Å²) < 4.78 is 33.3. The van der Waals surface area contributed by atoms with Gasteiger partial charge in [0.25, 0.3) is 10.0 Å². The zero-order valence-electron chi connectivity index (χ0n) is 19.5. The molecular weight excluding hydrogens is 448 g/mol. The molecule has 0 heterocycles. The Kier molecular flexibility index (Phi) is 7.22. The molecule has 34 heavy (non-hydrogen) atoms. The zero-order chi connectivity index (χ0) is 24.1. The molecule has 0 bridgehead atoms. The lowest BCUT2D eigenvalue weighted by Gasteiger charge is -2.25. The lowest BCUT2D eigenvalue weighted by Crippen LogP contribution is -2.41. The van der Waals surface area contributed by atoms with Crippen molar-refractivity contribution in [2.45, 2.75) is 43.5 Å². The molecule has 6 nitrogen and oxygen atoms in total. The first-order valence-corrected chi connectivity index (χ1v) is 13.0. The van der Waals surface area contributed by atoms with Crippen molar-refractivity contribution in [2.75, 3.05) is 18.0 Å². The van der Waals surface area contributed by atoms with Gasteiger partial charge in [0.1, 0.15) is 12.3 Å². The van der Waals surface area contributed by atoms with Crippen molar-refractivity contribution < 1.29 is 17.9 Å². The van der Waals surface area contributed by atoms with Crippen LogP contribution in [-0.4, -0.2) is 28.0 Å². The van der Waals surface area contributed by atoms with Crippen LogP contribution in [-0.2, 0) is 27.7 Å². The smallest absolute Gasteiger partial charge is 0.264 e. The third-order valence-corrected chi connectivity index (χ3v) is 8.02. The summed E-state index contributed by atoms with van der Waals surface area (Å²) in [4.78, 5) is 13.1. The third kappa shape index (κ3) is 5.25. The molecule has 0 spiro atoms. The van der Waals surface area contributed by atoms with Gasteiger partial charge in [-0.25, -0.2) is 8.42 Å². The third-order valence-electron chi connectivity index (χ3n) is 6.23. The number of nitrogens with zero attached hydrogens (tertiary/aromatic N) is 1. The number of sulfonamides is 1. The molecule has 1 N–H and O–H groups in total. The molecule has 7 heteroatoms. The number of rotatable bonds is 8. The maximum atomic E-state index is 13.5. The summed E-state index contributed by atoms with van der Waals surface area (Å²) in [6.07, 6.45) is 4.57. The fourth-order valence-electron chi connectivity index (χ4n) is 4.31. The highest BCUT2D eigenvalue weighted by molar-refractivity contribution is 7.92. The first kappa shape index (κ1) is 23.8. The average Bonchev–Trinajstić information content (AvgIpc) is 2.87. The normalized spacial score (nSPS) is 14.1. The number of nitrogens with one attached hydrogen (secondary N) is 1. The molecule has 0 unspecified atom stereocenters. The van der Waals surface area contributed by atoms with Crippen LogP contribution in [0.25, 0.3) is 0 Å². The number of ether oxygens (including phenoxy) is 1. The standard InChI is InChI=1S/C27H30N2O4S/c1-20(22-13-12-21-8-6-7-9-23(21)18-22)28-27(30)19-29(24-10-4-3-5-11-24)34(31,32)26-16-14-25(33-2)15-17-26/h3-5,10-18,20H,6-9,19H2,1-2H3,(H,28,30)/t20-/m1/s1. The molecule has 0 saturated heterocycles.